The Balaban J connectivity index is 1.56. The van der Waals surface area contributed by atoms with Crippen molar-refractivity contribution in [1.82, 2.24) is 4.98 Å². The lowest BCUT2D eigenvalue weighted by Crippen LogP contribution is -2.12. The zero-order valence-electron chi connectivity index (χ0n) is 15.2. The Bertz CT molecular complexity index is 1160. The number of anilines is 1. The van der Waals surface area contributed by atoms with E-state index in [1.807, 2.05) is 38.1 Å². The summed E-state index contributed by atoms with van der Waals surface area (Å²) in [5, 5.41) is 3.61. The SMILES string of the molecule is Cc1cc2nc(-c3ccc(NC(=O)c4ccc(Cl)cc4Cl)cc3)oc2cc1C. The van der Waals surface area contributed by atoms with Gasteiger partial charge < -0.3 is 9.73 Å². The van der Waals surface area contributed by atoms with Crippen LogP contribution in [0.5, 0.6) is 0 Å². The van der Waals surface area contributed by atoms with E-state index in [2.05, 4.69) is 10.3 Å². The van der Waals surface area contributed by atoms with Crippen LogP contribution in [0.1, 0.15) is 21.5 Å². The van der Waals surface area contributed by atoms with Crippen molar-refractivity contribution < 1.29 is 9.21 Å². The van der Waals surface area contributed by atoms with E-state index >= 15 is 0 Å². The molecule has 0 radical (unpaired) electrons. The number of hydrogen-bond acceptors (Lipinski definition) is 3. The number of aryl methyl sites for hydroxylation is 2. The summed E-state index contributed by atoms with van der Waals surface area (Å²) in [7, 11) is 0. The van der Waals surface area contributed by atoms with Gasteiger partial charge in [-0.15, -0.1) is 0 Å². The molecule has 140 valence electrons. The number of nitrogens with zero attached hydrogens (tertiary/aromatic N) is 1. The van der Waals surface area contributed by atoms with Gasteiger partial charge in [-0.3, -0.25) is 4.79 Å². The van der Waals surface area contributed by atoms with Crippen molar-refractivity contribution in [2.24, 2.45) is 0 Å². The highest BCUT2D eigenvalue weighted by atomic mass is 35.5. The smallest absolute Gasteiger partial charge is 0.257 e. The Morgan fingerprint density at radius 2 is 1.68 bits per heavy atom. The maximum absolute atomic E-state index is 12.4. The summed E-state index contributed by atoms with van der Waals surface area (Å²) in [6.07, 6.45) is 0. The molecule has 6 heteroatoms. The number of halogens is 2. The van der Waals surface area contributed by atoms with Gasteiger partial charge in [0.2, 0.25) is 5.89 Å². The van der Waals surface area contributed by atoms with Crippen LogP contribution in [0.2, 0.25) is 10.0 Å². The monoisotopic (exact) mass is 410 g/mol. The maximum Gasteiger partial charge on any atom is 0.257 e. The van der Waals surface area contributed by atoms with Crippen molar-refractivity contribution in [3.8, 4) is 11.5 Å². The molecule has 0 aliphatic carbocycles. The first-order valence-corrected chi connectivity index (χ1v) is 9.41. The van der Waals surface area contributed by atoms with Gasteiger partial charge in [-0.2, -0.15) is 0 Å². The average molecular weight is 411 g/mol. The lowest BCUT2D eigenvalue weighted by Gasteiger charge is -2.07. The summed E-state index contributed by atoms with van der Waals surface area (Å²) >= 11 is 12.0. The van der Waals surface area contributed by atoms with Gasteiger partial charge in [0, 0.05) is 16.3 Å². The van der Waals surface area contributed by atoms with Crippen LogP contribution in [0.4, 0.5) is 5.69 Å². The largest absolute Gasteiger partial charge is 0.436 e. The molecule has 0 aliphatic heterocycles. The summed E-state index contributed by atoms with van der Waals surface area (Å²) in [6.45, 7) is 4.09. The maximum atomic E-state index is 12.4. The highest BCUT2D eigenvalue weighted by Gasteiger charge is 2.13. The molecule has 1 amide bonds. The Morgan fingerprint density at radius 1 is 0.964 bits per heavy atom. The molecule has 0 fully saturated rings. The normalized spacial score (nSPS) is 11.0. The van der Waals surface area contributed by atoms with Crippen molar-refractivity contribution in [2.45, 2.75) is 13.8 Å². The summed E-state index contributed by atoms with van der Waals surface area (Å²) in [5.41, 5.74) is 5.75. The van der Waals surface area contributed by atoms with Crippen molar-refractivity contribution in [3.63, 3.8) is 0 Å². The third-order valence-corrected chi connectivity index (χ3v) is 5.12. The fourth-order valence-electron chi connectivity index (χ4n) is 2.87. The van der Waals surface area contributed by atoms with Crippen LogP contribution in [0, 0.1) is 13.8 Å². The zero-order valence-corrected chi connectivity index (χ0v) is 16.7. The molecule has 0 saturated carbocycles. The first-order valence-electron chi connectivity index (χ1n) is 8.65. The van der Waals surface area contributed by atoms with Gasteiger partial charge in [0.15, 0.2) is 5.58 Å². The number of nitrogens with one attached hydrogen (secondary N) is 1. The summed E-state index contributed by atoms with van der Waals surface area (Å²) < 4.78 is 5.88. The molecule has 0 aliphatic rings. The molecule has 1 aromatic heterocycles. The minimum absolute atomic E-state index is 0.303. The second-order valence-electron chi connectivity index (χ2n) is 6.58. The highest BCUT2D eigenvalue weighted by molar-refractivity contribution is 6.37. The topological polar surface area (TPSA) is 55.1 Å². The molecular weight excluding hydrogens is 395 g/mol. The van der Waals surface area contributed by atoms with Crippen molar-refractivity contribution in [3.05, 3.63) is 81.3 Å². The Hall–Kier alpha value is -2.82. The Morgan fingerprint density at radius 3 is 2.39 bits per heavy atom. The van der Waals surface area contributed by atoms with E-state index in [-0.39, 0.29) is 5.91 Å². The van der Waals surface area contributed by atoms with Crippen LogP contribution in [0.25, 0.3) is 22.6 Å². The van der Waals surface area contributed by atoms with Crippen LogP contribution in [-0.4, -0.2) is 10.9 Å². The number of rotatable bonds is 3. The Kier molecular flexibility index (Phi) is 4.84. The molecule has 28 heavy (non-hydrogen) atoms. The third-order valence-electron chi connectivity index (χ3n) is 4.57. The predicted molar refractivity (Wildman–Crippen MR) is 113 cm³/mol. The molecule has 1 heterocycles. The van der Waals surface area contributed by atoms with Gasteiger partial charge in [-0.25, -0.2) is 4.98 Å². The fraction of sp³-hybridized carbons (Fsp3) is 0.0909. The lowest BCUT2D eigenvalue weighted by molar-refractivity contribution is 0.102. The molecule has 1 N–H and O–H groups in total. The van der Waals surface area contributed by atoms with Crippen LogP contribution >= 0.6 is 23.2 Å². The Labute approximate surface area is 172 Å². The first-order chi connectivity index (χ1) is 13.4. The predicted octanol–water partition coefficient (Wildman–Crippen LogP) is 6.67. The molecule has 3 aromatic carbocycles. The summed E-state index contributed by atoms with van der Waals surface area (Å²) in [6, 6.07) is 16.1. The average Bonchev–Trinajstić information content (AvgIpc) is 3.05. The van der Waals surface area contributed by atoms with E-state index in [0.717, 1.165) is 22.2 Å². The quantitative estimate of drug-likeness (QED) is 0.410. The molecular formula is C22H16Cl2N2O2. The van der Waals surface area contributed by atoms with E-state index < -0.39 is 0 Å². The van der Waals surface area contributed by atoms with Crippen LogP contribution in [-0.2, 0) is 0 Å². The minimum atomic E-state index is -0.303. The summed E-state index contributed by atoms with van der Waals surface area (Å²) in [4.78, 5) is 17.0. The van der Waals surface area contributed by atoms with E-state index in [4.69, 9.17) is 27.6 Å². The van der Waals surface area contributed by atoms with Crippen LogP contribution < -0.4 is 5.32 Å². The number of carbonyl (C=O) groups excluding carboxylic acids is 1. The van der Waals surface area contributed by atoms with E-state index in [0.29, 0.717) is 27.2 Å². The molecule has 0 spiro atoms. The number of benzene rings is 3. The highest BCUT2D eigenvalue weighted by Crippen LogP contribution is 2.28. The summed E-state index contributed by atoms with van der Waals surface area (Å²) in [5.74, 6) is 0.237. The molecule has 0 bridgehead atoms. The zero-order chi connectivity index (χ0) is 19.8. The number of oxazole rings is 1. The standard InChI is InChI=1S/C22H16Cl2N2O2/c1-12-9-19-20(10-13(12)2)28-22(26-19)14-3-6-16(7-4-14)25-21(27)17-8-5-15(23)11-18(17)24/h3-11H,1-2H3,(H,25,27). The van der Waals surface area contributed by atoms with E-state index in [1.54, 1.807) is 24.3 Å². The van der Waals surface area contributed by atoms with Crippen LogP contribution in [0.15, 0.2) is 59.0 Å². The van der Waals surface area contributed by atoms with E-state index in [9.17, 15) is 4.79 Å². The molecule has 4 rings (SSSR count). The van der Waals surface area contributed by atoms with Gasteiger partial charge in [-0.1, -0.05) is 23.2 Å². The lowest BCUT2D eigenvalue weighted by atomic mass is 10.1. The number of aromatic nitrogens is 1. The number of fused-ring (bicyclic) bond motifs is 1. The molecule has 4 aromatic rings. The van der Waals surface area contributed by atoms with Gasteiger partial charge in [0.05, 0.1) is 10.6 Å². The van der Waals surface area contributed by atoms with Crippen LogP contribution in [0.3, 0.4) is 0 Å². The first kappa shape index (κ1) is 18.5. The second kappa shape index (κ2) is 7.30. The van der Waals surface area contributed by atoms with Gasteiger partial charge in [0.25, 0.3) is 5.91 Å². The number of hydrogen-bond donors (Lipinski definition) is 1. The third kappa shape index (κ3) is 3.61. The molecule has 0 atom stereocenters. The van der Waals surface area contributed by atoms with Gasteiger partial charge >= 0.3 is 0 Å². The fourth-order valence-corrected chi connectivity index (χ4v) is 3.37. The van der Waals surface area contributed by atoms with Gasteiger partial charge in [-0.05, 0) is 79.6 Å². The molecule has 0 saturated heterocycles. The molecule has 0 unspecified atom stereocenters. The molecule has 4 nitrogen and oxygen atoms in total. The van der Waals surface area contributed by atoms with Crippen molar-refractivity contribution >= 4 is 45.9 Å². The second-order valence-corrected chi connectivity index (χ2v) is 7.42. The number of amides is 1. The van der Waals surface area contributed by atoms with Gasteiger partial charge in [0.1, 0.15) is 5.52 Å². The van der Waals surface area contributed by atoms with E-state index in [1.165, 1.54) is 11.6 Å². The van der Waals surface area contributed by atoms with Crippen molar-refractivity contribution in [2.75, 3.05) is 5.32 Å². The minimum Gasteiger partial charge on any atom is -0.436 e. The van der Waals surface area contributed by atoms with Crippen molar-refractivity contribution in [1.29, 1.82) is 0 Å². The number of carbonyl (C=O) groups is 1.